The zero-order chi connectivity index (χ0) is 15.6. The molecule has 3 N–H and O–H groups in total. The molecule has 1 atom stereocenters. The Morgan fingerprint density at radius 3 is 2.62 bits per heavy atom. The van der Waals surface area contributed by atoms with E-state index in [0.717, 1.165) is 19.6 Å². The first kappa shape index (κ1) is 16.7. The Kier molecular flexibility index (Phi) is 5.29. The van der Waals surface area contributed by atoms with Crippen molar-refractivity contribution in [3.63, 3.8) is 0 Å². The highest BCUT2D eigenvalue weighted by molar-refractivity contribution is 9.10. The van der Waals surface area contributed by atoms with Crippen molar-refractivity contribution in [1.82, 2.24) is 9.62 Å². The van der Waals surface area contributed by atoms with Gasteiger partial charge in [0.15, 0.2) is 0 Å². The number of nitrogens with two attached hydrogens (primary N) is 1. The third kappa shape index (κ3) is 4.18. The monoisotopic (exact) mass is 375 g/mol. The van der Waals surface area contributed by atoms with E-state index in [2.05, 4.69) is 25.6 Å². The molecule has 1 aromatic carbocycles. The molecule has 0 aliphatic carbocycles. The number of sulfonamides is 1. The maximum absolute atomic E-state index is 12.5. The molecule has 1 aliphatic rings. The third-order valence-corrected chi connectivity index (χ3v) is 5.92. The van der Waals surface area contributed by atoms with E-state index in [1.165, 1.54) is 12.8 Å². The number of nitrogens with zero attached hydrogens (tertiary/aromatic N) is 1. The Morgan fingerprint density at radius 1 is 1.38 bits per heavy atom. The summed E-state index contributed by atoms with van der Waals surface area (Å²) in [5, 5.41) is 0. The van der Waals surface area contributed by atoms with Gasteiger partial charge in [-0.3, -0.25) is 0 Å². The van der Waals surface area contributed by atoms with Gasteiger partial charge in [0.2, 0.25) is 10.0 Å². The van der Waals surface area contributed by atoms with Crippen LogP contribution in [-0.2, 0) is 10.0 Å². The van der Waals surface area contributed by atoms with Crippen molar-refractivity contribution in [2.24, 2.45) is 0 Å². The van der Waals surface area contributed by atoms with Crippen molar-refractivity contribution in [1.29, 1.82) is 0 Å². The summed E-state index contributed by atoms with van der Waals surface area (Å²) in [6.45, 7) is 6.46. The number of anilines is 1. The minimum absolute atomic E-state index is 0.132. The summed E-state index contributed by atoms with van der Waals surface area (Å²) < 4.78 is 28.5. The van der Waals surface area contributed by atoms with Crippen molar-refractivity contribution >= 4 is 31.6 Å². The molecule has 1 saturated heterocycles. The van der Waals surface area contributed by atoms with Gasteiger partial charge in [-0.25, -0.2) is 13.1 Å². The molecule has 0 bridgehead atoms. The molecule has 1 unspecified atom stereocenters. The molecule has 5 nitrogen and oxygen atoms in total. The van der Waals surface area contributed by atoms with Gasteiger partial charge in [0, 0.05) is 22.7 Å². The van der Waals surface area contributed by atoms with Crippen LogP contribution < -0.4 is 10.5 Å². The summed E-state index contributed by atoms with van der Waals surface area (Å²) in [7, 11) is -3.56. The Labute approximate surface area is 135 Å². The summed E-state index contributed by atoms with van der Waals surface area (Å²) in [5.74, 6) is 0. The Bertz CT molecular complexity index is 613. The van der Waals surface area contributed by atoms with Gasteiger partial charge in [-0.1, -0.05) is 15.9 Å². The maximum atomic E-state index is 12.5. The van der Waals surface area contributed by atoms with Crippen molar-refractivity contribution in [2.75, 3.05) is 25.4 Å². The van der Waals surface area contributed by atoms with Crippen LogP contribution in [0.3, 0.4) is 0 Å². The first-order valence-corrected chi connectivity index (χ1v) is 9.37. The van der Waals surface area contributed by atoms with Gasteiger partial charge >= 0.3 is 0 Å². The largest absolute Gasteiger partial charge is 0.398 e. The van der Waals surface area contributed by atoms with E-state index in [-0.39, 0.29) is 10.9 Å². The summed E-state index contributed by atoms with van der Waals surface area (Å²) in [5.41, 5.74) is 6.90. The quantitative estimate of drug-likeness (QED) is 0.772. The van der Waals surface area contributed by atoms with Crippen LogP contribution in [0.1, 0.15) is 25.3 Å². The van der Waals surface area contributed by atoms with Crippen molar-refractivity contribution in [3.05, 3.63) is 22.2 Å². The summed E-state index contributed by atoms with van der Waals surface area (Å²) in [6, 6.07) is 3.17. The number of hydrogen-bond donors (Lipinski definition) is 2. The fourth-order valence-electron chi connectivity index (χ4n) is 2.67. The fraction of sp³-hybridized carbons (Fsp3) is 0.571. The highest BCUT2D eigenvalue weighted by Gasteiger charge is 2.23. The van der Waals surface area contributed by atoms with Crippen molar-refractivity contribution in [3.8, 4) is 0 Å². The van der Waals surface area contributed by atoms with Crippen molar-refractivity contribution in [2.45, 2.75) is 37.6 Å². The second kappa shape index (κ2) is 6.64. The predicted octanol–water partition coefficient (Wildman–Crippen LogP) is 2.10. The minimum atomic E-state index is -3.56. The van der Waals surface area contributed by atoms with E-state index in [4.69, 9.17) is 5.73 Å². The second-order valence-corrected chi connectivity index (χ2v) is 8.25. The smallest absolute Gasteiger partial charge is 0.241 e. The van der Waals surface area contributed by atoms with Crippen LogP contribution in [0.2, 0.25) is 0 Å². The number of halogens is 1. The summed E-state index contributed by atoms with van der Waals surface area (Å²) in [6.07, 6.45) is 2.39. The molecule has 0 radical (unpaired) electrons. The molecule has 0 spiro atoms. The molecule has 7 heteroatoms. The average molecular weight is 376 g/mol. The molecule has 1 aromatic rings. The zero-order valence-corrected chi connectivity index (χ0v) is 14.8. The van der Waals surface area contributed by atoms with E-state index in [0.29, 0.717) is 15.7 Å². The van der Waals surface area contributed by atoms with Crippen LogP contribution >= 0.6 is 15.9 Å². The number of rotatable bonds is 5. The first-order chi connectivity index (χ1) is 9.79. The Balaban J connectivity index is 2.14. The van der Waals surface area contributed by atoms with Crippen molar-refractivity contribution < 1.29 is 8.42 Å². The van der Waals surface area contributed by atoms with Gasteiger partial charge in [-0.05, 0) is 57.5 Å². The number of nitrogens with one attached hydrogen (secondary N) is 1. The SMILES string of the molecule is Cc1c(N)cc(Br)cc1S(=O)(=O)NC(C)CN1CCCC1. The standard InChI is InChI=1S/C14H22BrN3O2S/c1-10(9-18-5-3-4-6-18)17-21(19,20)14-8-12(15)7-13(16)11(14)2/h7-8,10,17H,3-6,9,16H2,1-2H3. The predicted molar refractivity (Wildman–Crippen MR) is 88.7 cm³/mol. The van der Waals surface area contributed by atoms with Crippen LogP contribution in [0, 0.1) is 6.92 Å². The Morgan fingerprint density at radius 2 is 2.00 bits per heavy atom. The van der Waals surface area contributed by atoms with E-state index in [1.54, 1.807) is 19.1 Å². The lowest BCUT2D eigenvalue weighted by atomic mass is 10.2. The molecule has 1 heterocycles. The lowest BCUT2D eigenvalue weighted by Gasteiger charge is -2.21. The molecule has 0 aromatic heterocycles. The van der Waals surface area contributed by atoms with E-state index < -0.39 is 10.0 Å². The summed E-state index contributed by atoms with van der Waals surface area (Å²) in [4.78, 5) is 2.53. The van der Waals surface area contributed by atoms with Gasteiger partial charge in [-0.15, -0.1) is 0 Å². The number of likely N-dealkylation sites (tertiary alicyclic amines) is 1. The Hall–Kier alpha value is -0.630. The van der Waals surface area contributed by atoms with Gasteiger partial charge in [0.05, 0.1) is 4.90 Å². The molecule has 118 valence electrons. The molecule has 1 aliphatic heterocycles. The van der Waals surface area contributed by atoms with E-state index in [9.17, 15) is 8.42 Å². The number of hydrogen-bond acceptors (Lipinski definition) is 4. The number of benzene rings is 1. The molecule has 0 saturated carbocycles. The average Bonchev–Trinajstić information content (AvgIpc) is 2.85. The van der Waals surface area contributed by atoms with Gasteiger partial charge in [-0.2, -0.15) is 0 Å². The van der Waals surface area contributed by atoms with Gasteiger partial charge in [0.1, 0.15) is 0 Å². The molecular weight excluding hydrogens is 354 g/mol. The van der Waals surface area contributed by atoms with Crippen LogP contribution in [0.15, 0.2) is 21.5 Å². The van der Waals surface area contributed by atoms with Gasteiger partial charge in [0.25, 0.3) is 0 Å². The topological polar surface area (TPSA) is 75.4 Å². The second-order valence-electron chi connectivity index (χ2n) is 5.65. The molecular formula is C14H22BrN3O2S. The van der Waals surface area contributed by atoms with E-state index in [1.807, 2.05) is 6.92 Å². The lowest BCUT2D eigenvalue weighted by Crippen LogP contribution is -2.41. The van der Waals surface area contributed by atoms with Crippen LogP contribution in [0.25, 0.3) is 0 Å². The molecule has 0 amide bonds. The first-order valence-electron chi connectivity index (χ1n) is 7.10. The normalized spacial score (nSPS) is 18.0. The summed E-state index contributed by atoms with van der Waals surface area (Å²) >= 11 is 3.30. The van der Waals surface area contributed by atoms with Crippen LogP contribution in [0.4, 0.5) is 5.69 Å². The molecule has 1 fully saturated rings. The van der Waals surface area contributed by atoms with Crippen LogP contribution in [-0.4, -0.2) is 39.0 Å². The third-order valence-electron chi connectivity index (χ3n) is 3.74. The highest BCUT2D eigenvalue weighted by Crippen LogP contribution is 2.26. The van der Waals surface area contributed by atoms with E-state index >= 15 is 0 Å². The zero-order valence-electron chi connectivity index (χ0n) is 12.4. The number of nitrogen functional groups attached to an aromatic ring is 1. The molecule has 21 heavy (non-hydrogen) atoms. The molecule has 2 rings (SSSR count). The van der Waals surface area contributed by atoms with Gasteiger partial charge < -0.3 is 10.6 Å². The highest BCUT2D eigenvalue weighted by atomic mass is 79.9. The lowest BCUT2D eigenvalue weighted by molar-refractivity contribution is 0.312. The minimum Gasteiger partial charge on any atom is -0.398 e. The van der Waals surface area contributed by atoms with Crippen LogP contribution in [0.5, 0.6) is 0 Å². The fourth-order valence-corrected chi connectivity index (χ4v) is 4.83. The maximum Gasteiger partial charge on any atom is 0.241 e.